The number of nitrogens with zero attached hydrogens (tertiary/aromatic N) is 2. The molecule has 1 aromatic heterocycles. The number of halogens is 1. The number of aromatic nitrogens is 1. The maximum absolute atomic E-state index is 13.2. The van der Waals surface area contributed by atoms with E-state index in [-0.39, 0.29) is 5.91 Å². The Labute approximate surface area is 171 Å². The zero-order valence-electron chi connectivity index (χ0n) is 16.4. The van der Waals surface area contributed by atoms with E-state index < -0.39 is 5.41 Å². The van der Waals surface area contributed by atoms with Gasteiger partial charge in [-0.2, -0.15) is 0 Å². The maximum atomic E-state index is 13.2. The lowest BCUT2D eigenvalue weighted by Crippen LogP contribution is -2.65. The van der Waals surface area contributed by atoms with Crippen molar-refractivity contribution in [2.45, 2.75) is 38.6 Å². The molecule has 0 unspecified atom stereocenters. The molecule has 4 rings (SSSR count). The molecule has 0 bridgehead atoms. The van der Waals surface area contributed by atoms with Gasteiger partial charge in [0, 0.05) is 30.4 Å². The Bertz CT molecular complexity index is 859. The molecule has 2 heterocycles. The predicted octanol–water partition coefficient (Wildman–Crippen LogP) is 3.77. The van der Waals surface area contributed by atoms with E-state index in [1.807, 2.05) is 37.3 Å². The largest absolute Gasteiger partial charge is 0.493 e. The Morgan fingerprint density at radius 2 is 2.00 bits per heavy atom. The number of hydrogen-bond donors (Lipinski definition) is 1. The second-order valence-corrected chi connectivity index (χ2v) is 8.43. The Balaban J connectivity index is 1.56. The highest BCUT2D eigenvalue weighted by Gasteiger charge is 2.50. The molecular formula is C22H26ClN3O2. The summed E-state index contributed by atoms with van der Waals surface area (Å²) in [4.78, 5) is 19.7. The molecule has 1 aliphatic carbocycles. The molecule has 1 saturated heterocycles. The second-order valence-electron chi connectivity index (χ2n) is 7.99. The second kappa shape index (κ2) is 7.63. The van der Waals surface area contributed by atoms with Gasteiger partial charge in [0.1, 0.15) is 0 Å². The number of amides is 1. The normalized spacial score (nSPS) is 18.2. The molecule has 5 nitrogen and oxygen atoms in total. The molecule has 0 radical (unpaired) electrons. The summed E-state index contributed by atoms with van der Waals surface area (Å²) in [7, 11) is 1.66. The number of aryl methyl sites for hydroxylation is 1. The third kappa shape index (κ3) is 3.55. The van der Waals surface area contributed by atoms with Gasteiger partial charge < -0.3 is 15.0 Å². The Morgan fingerprint density at radius 3 is 2.61 bits per heavy atom. The highest BCUT2D eigenvalue weighted by molar-refractivity contribution is 6.30. The minimum Gasteiger partial charge on any atom is -0.493 e. The van der Waals surface area contributed by atoms with Crippen LogP contribution >= 0.6 is 11.6 Å². The van der Waals surface area contributed by atoms with Gasteiger partial charge >= 0.3 is 0 Å². The molecule has 28 heavy (non-hydrogen) atoms. The third-order valence-corrected chi connectivity index (χ3v) is 6.22. The summed E-state index contributed by atoms with van der Waals surface area (Å²) < 4.78 is 5.56. The Morgan fingerprint density at radius 1 is 1.29 bits per heavy atom. The van der Waals surface area contributed by atoms with Crippen LogP contribution in [0.25, 0.3) is 0 Å². The molecule has 6 heteroatoms. The molecule has 1 saturated carbocycles. The highest BCUT2D eigenvalue weighted by Crippen LogP contribution is 2.42. The van der Waals surface area contributed by atoms with E-state index in [1.165, 1.54) is 6.42 Å². The lowest BCUT2D eigenvalue weighted by atomic mass is 9.73. The fourth-order valence-electron chi connectivity index (χ4n) is 4.12. The van der Waals surface area contributed by atoms with Gasteiger partial charge in [0.05, 0.1) is 23.9 Å². The van der Waals surface area contributed by atoms with Crippen LogP contribution in [0.1, 0.15) is 30.5 Å². The van der Waals surface area contributed by atoms with Crippen molar-refractivity contribution in [2.75, 3.05) is 25.1 Å². The molecular weight excluding hydrogens is 374 g/mol. The number of rotatable bonds is 6. The van der Waals surface area contributed by atoms with Crippen LogP contribution < -0.4 is 15.0 Å². The van der Waals surface area contributed by atoms with Crippen LogP contribution in [0.5, 0.6) is 5.75 Å². The molecule has 0 spiro atoms. The number of benzene rings is 1. The van der Waals surface area contributed by atoms with Crippen LogP contribution in [0.4, 0.5) is 5.69 Å². The van der Waals surface area contributed by atoms with Crippen LogP contribution in [0.15, 0.2) is 36.5 Å². The first kappa shape index (κ1) is 19.1. The van der Waals surface area contributed by atoms with Gasteiger partial charge in [-0.25, -0.2) is 0 Å². The Kier molecular flexibility index (Phi) is 5.19. The smallest absolute Gasteiger partial charge is 0.230 e. The fourth-order valence-corrected chi connectivity index (χ4v) is 4.24. The first-order valence-electron chi connectivity index (χ1n) is 9.81. The molecule has 2 fully saturated rings. The maximum Gasteiger partial charge on any atom is 0.230 e. The highest BCUT2D eigenvalue weighted by atomic mass is 35.5. The van der Waals surface area contributed by atoms with Crippen LogP contribution in [-0.2, 0) is 11.2 Å². The van der Waals surface area contributed by atoms with E-state index >= 15 is 0 Å². The van der Waals surface area contributed by atoms with Crippen molar-refractivity contribution < 1.29 is 9.53 Å². The van der Waals surface area contributed by atoms with Gasteiger partial charge in [0.15, 0.2) is 5.75 Å². The van der Waals surface area contributed by atoms with E-state index in [2.05, 4.69) is 15.2 Å². The SMILES string of the molecule is COc1c(N2CC(Cc3ccc(Cl)cc3)(C(=O)NC3CCC3)C2)ccnc1C. The van der Waals surface area contributed by atoms with Crippen molar-refractivity contribution in [3.63, 3.8) is 0 Å². The summed E-state index contributed by atoms with van der Waals surface area (Å²) >= 11 is 6.03. The standard InChI is InChI=1S/C22H26ClN3O2/c1-15-20(28-2)19(10-11-24-15)26-13-22(14-26,21(27)25-18-4-3-5-18)12-16-6-8-17(23)9-7-16/h6-11,18H,3-5,12-14H2,1-2H3,(H,25,27). The summed E-state index contributed by atoms with van der Waals surface area (Å²) in [5.74, 6) is 0.940. The van der Waals surface area contributed by atoms with Crippen molar-refractivity contribution in [2.24, 2.45) is 5.41 Å². The first-order valence-corrected chi connectivity index (χ1v) is 10.2. The van der Waals surface area contributed by atoms with E-state index in [1.54, 1.807) is 13.3 Å². The van der Waals surface area contributed by atoms with Gasteiger partial charge in [0.2, 0.25) is 5.91 Å². The number of pyridine rings is 1. The number of methoxy groups -OCH3 is 1. The average molecular weight is 400 g/mol. The monoisotopic (exact) mass is 399 g/mol. The summed E-state index contributed by atoms with van der Waals surface area (Å²) in [6, 6.07) is 10.1. The molecule has 2 aromatic rings. The molecule has 1 aromatic carbocycles. The minimum atomic E-state index is -0.439. The van der Waals surface area contributed by atoms with Gasteiger partial charge in [-0.3, -0.25) is 9.78 Å². The van der Waals surface area contributed by atoms with Crippen molar-refractivity contribution >= 4 is 23.2 Å². The fraction of sp³-hybridized carbons (Fsp3) is 0.455. The van der Waals surface area contributed by atoms with Crippen LogP contribution in [0, 0.1) is 12.3 Å². The van der Waals surface area contributed by atoms with Crippen molar-refractivity contribution in [3.8, 4) is 5.75 Å². The number of carbonyl (C=O) groups excluding carboxylic acids is 1. The lowest BCUT2D eigenvalue weighted by molar-refractivity contribution is -0.134. The van der Waals surface area contributed by atoms with Gasteiger partial charge in [-0.15, -0.1) is 0 Å². The molecule has 148 valence electrons. The summed E-state index contributed by atoms with van der Waals surface area (Å²) in [5.41, 5.74) is 2.55. The van der Waals surface area contributed by atoms with Crippen LogP contribution in [-0.4, -0.2) is 37.1 Å². The number of ether oxygens (including phenoxy) is 1. The summed E-state index contributed by atoms with van der Waals surface area (Å²) in [6.45, 7) is 3.26. The molecule has 1 aliphatic heterocycles. The average Bonchev–Trinajstić information content (AvgIpc) is 2.62. The van der Waals surface area contributed by atoms with Crippen molar-refractivity contribution in [3.05, 3.63) is 52.8 Å². The topological polar surface area (TPSA) is 54.5 Å². The van der Waals surface area contributed by atoms with E-state index in [9.17, 15) is 4.79 Å². The van der Waals surface area contributed by atoms with Gasteiger partial charge in [-0.1, -0.05) is 23.7 Å². The first-order chi connectivity index (χ1) is 13.5. The molecule has 0 atom stereocenters. The summed E-state index contributed by atoms with van der Waals surface area (Å²) in [6.07, 6.45) is 5.87. The van der Waals surface area contributed by atoms with Gasteiger partial charge in [0.25, 0.3) is 0 Å². The number of hydrogen-bond acceptors (Lipinski definition) is 4. The molecule has 2 aliphatic rings. The van der Waals surface area contributed by atoms with Gasteiger partial charge in [-0.05, 0) is 56.4 Å². The zero-order valence-corrected chi connectivity index (χ0v) is 17.1. The van der Waals surface area contributed by atoms with E-state index in [0.717, 1.165) is 35.5 Å². The number of nitrogens with one attached hydrogen (secondary N) is 1. The molecule has 1 amide bonds. The Hall–Kier alpha value is -2.27. The molecule has 1 N–H and O–H groups in total. The lowest BCUT2D eigenvalue weighted by Gasteiger charge is -2.51. The minimum absolute atomic E-state index is 0.160. The summed E-state index contributed by atoms with van der Waals surface area (Å²) in [5, 5.41) is 3.98. The van der Waals surface area contributed by atoms with Crippen molar-refractivity contribution in [1.82, 2.24) is 10.3 Å². The number of anilines is 1. The van der Waals surface area contributed by atoms with Crippen LogP contribution in [0.2, 0.25) is 5.02 Å². The quantitative estimate of drug-likeness (QED) is 0.803. The predicted molar refractivity (Wildman–Crippen MR) is 111 cm³/mol. The van der Waals surface area contributed by atoms with E-state index in [0.29, 0.717) is 30.6 Å². The number of carbonyl (C=O) groups is 1. The third-order valence-electron chi connectivity index (χ3n) is 5.97. The van der Waals surface area contributed by atoms with Crippen LogP contribution in [0.3, 0.4) is 0 Å². The van der Waals surface area contributed by atoms with E-state index in [4.69, 9.17) is 16.3 Å². The zero-order chi connectivity index (χ0) is 19.7. The van der Waals surface area contributed by atoms with Crippen molar-refractivity contribution in [1.29, 1.82) is 0 Å².